The number of nitrogens with zero attached hydrogens (tertiary/aromatic N) is 2. The van der Waals surface area contributed by atoms with Crippen molar-refractivity contribution < 1.29 is 9.28 Å². The first-order valence-electron chi connectivity index (χ1n) is 12.0. The number of hydrogen-bond donors (Lipinski definition) is 0. The molecule has 0 N–H and O–H groups in total. The van der Waals surface area contributed by atoms with E-state index >= 15 is 0 Å². The molecule has 1 atom stereocenters. The molecule has 0 radical (unpaired) electrons. The van der Waals surface area contributed by atoms with Crippen molar-refractivity contribution in [2.75, 3.05) is 26.2 Å². The minimum atomic E-state index is 0. The summed E-state index contributed by atoms with van der Waals surface area (Å²) in [6.07, 6.45) is 18.6. The van der Waals surface area contributed by atoms with Crippen molar-refractivity contribution >= 4 is 11.6 Å². The standard InChI is InChI=1S/C24H47N2O.CH4/c1-4-6-8-10-11-12-13-14-15-17-24(27)18-21-26(20-16-9-7-5-2)22-19-25-23(26)3;/h4-22H2,1-3H3;1H4/q+1;. The highest BCUT2D eigenvalue weighted by Crippen LogP contribution is 2.19. The van der Waals surface area contributed by atoms with Crippen molar-refractivity contribution in [1.29, 1.82) is 0 Å². The normalized spacial score (nSPS) is 18.8. The molecule has 28 heavy (non-hydrogen) atoms. The van der Waals surface area contributed by atoms with Crippen LogP contribution in [0.5, 0.6) is 0 Å². The quantitative estimate of drug-likeness (QED) is 0.176. The predicted octanol–water partition coefficient (Wildman–Crippen LogP) is 7.33. The summed E-state index contributed by atoms with van der Waals surface area (Å²) in [6, 6.07) is 0. The van der Waals surface area contributed by atoms with Crippen LogP contribution in [0.4, 0.5) is 0 Å². The number of quaternary nitrogens is 1. The van der Waals surface area contributed by atoms with Crippen molar-refractivity contribution in [3.8, 4) is 0 Å². The molecule has 0 aromatic heterocycles. The molecule has 1 rings (SSSR count). The van der Waals surface area contributed by atoms with Crippen molar-refractivity contribution in [3.05, 3.63) is 0 Å². The van der Waals surface area contributed by atoms with Crippen LogP contribution in [-0.2, 0) is 4.79 Å². The number of carbonyl (C=O) groups is 1. The first-order valence-corrected chi connectivity index (χ1v) is 12.0. The van der Waals surface area contributed by atoms with E-state index in [1.54, 1.807) is 0 Å². The zero-order valence-electron chi connectivity index (χ0n) is 18.7. The van der Waals surface area contributed by atoms with Gasteiger partial charge in [0.25, 0.3) is 0 Å². The van der Waals surface area contributed by atoms with Gasteiger partial charge in [-0.2, -0.15) is 0 Å². The second-order valence-electron chi connectivity index (χ2n) is 8.67. The van der Waals surface area contributed by atoms with E-state index in [-0.39, 0.29) is 7.43 Å². The fourth-order valence-electron chi connectivity index (χ4n) is 4.31. The number of hydrogen-bond acceptors (Lipinski definition) is 2. The molecule has 0 aromatic rings. The van der Waals surface area contributed by atoms with Crippen molar-refractivity contribution in [3.63, 3.8) is 0 Å². The van der Waals surface area contributed by atoms with Gasteiger partial charge in [0, 0.05) is 13.3 Å². The highest BCUT2D eigenvalue weighted by molar-refractivity contribution is 5.79. The molecular formula is C25H51N2O+. The number of rotatable bonds is 18. The fourth-order valence-corrected chi connectivity index (χ4v) is 4.31. The fraction of sp³-hybridized carbons (Fsp3) is 0.920. The maximum atomic E-state index is 12.4. The van der Waals surface area contributed by atoms with Crippen molar-refractivity contribution in [1.82, 2.24) is 0 Å². The Bertz CT molecular complexity index is 419. The molecule has 0 saturated heterocycles. The molecule has 0 aliphatic carbocycles. The van der Waals surface area contributed by atoms with Gasteiger partial charge >= 0.3 is 0 Å². The van der Waals surface area contributed by atoms with Gasteiger partial charge in [-0.1, -0.05) is 85.5 Å². The van der Waals surface area contributed by atoms with E-state index in [2.05, 4.69) is 25.8 Å². The van der Waals surface area contributed by atoms with Gasteiger partial charge in [-0.3, -0.25) is 9.28 Å². The van der Waals surface area contributed by atoms with E-state index in [1.807, 2.05) is 0 Å². The van der Waals surface area contributed by atoms with Gasteiger partial charge in [0.05, 0.1) is 26.1 Å². The highest BCUT2D eigenvalue weighted by atomic mass is 16.1. The lowest BCUT2D eigenvalue weighted by Gasteiger charge is -2.33. The van der Waals surface area contributed by atoms with E-state index in [1.165, 1.54) is 89.4 Å². The lowest BCUT2D eigenvalue weighted by atomic mass is 10.0. The van der Waals surface area contributed by atoms with Crippen LogP contribution in [0.2, 0.25) is 0 Å². The third kappa shape index (κ3) is 11.3. The number of Topliss-reactive ketones (excluding diaryl/α,β-unsaturated/α-hetero) is 1. The molecule has 0 bridgehead atoms. The Morgan fingerprint density at radius 2 is 1.32 bits per heavy atom. The number of carbonyl (C=O) groups excluding carboxylic acids is 1. The summed E-state index contributed by atoms with van der Waals surface area (Å²) < 4.78 is 0.993. The van der Waals surface area contributed by atoms with E-state index in [0.717, 1.165) is 43.4 Å². The molecule has 0 amide bonds. The second kappa shape index (κ2) is 17.2. The number of amidine groups is 1. The summed E-state index contributed by atoms with van der Waals surface area (Å²) in [5.41, 5.74) is 0. The molecule has 1 aliphatic rings. The Morgan fingerprint density at radius 1 is 0.786 bits per heavy atom. The summed E-state index contributed by atoms with van der Waals surface area (Å²) in [6.45, 7) is 10.9. The van der Waals surface area contributed by atoms with E-state index in [9.17, 15) is 4.79 Å². The van der Waals surface area contributed by atoms with Crippen LogP contribution < -0.4 is 0 Å². The van der Waals surface area contributed by atoms with Crippen LogP contribution in [0.25, 0.3) is 0 Å². The average Bonchev–Trinajstić information content (AvgIpc) is 3.03. The summed E-state index contributed by atoms with van der Waals surface area (Å²) in [4.78, 5) is 17.0. The molecular weight excluding hydrogens is 344 g/mol. The lowest BCUT2D eigenvalue weighted by molar-refractivity contribution is -0.835. The molecule has 0 fully saturated rings. The Kier molecular flexibility index (Phi) is 16.8. The Balaban J connectivity index is 0.00000729. The molecule has 1 aliphatic heterocycles. The van der Waals surface area contributed by atoms with Gasteiger partial charge in [0.2, 0.25) is 0 Å². The second-order valence-corrected chi connectivity index (χ2v) is 8.67. The summed E-state index contributed by atoms with van der Waals surface area (Å²) in [5.74, 6) is 1.74. The Labute approximate surface area is 177 Å². The van der Waals surface area contributed by atoms with Crippen LogP contribution in [0.1, 0.15) is 125 Å². The van der Waals surface area contributed by atoms with E-state index < -0.39 is 0 Å². The number of ketones is 1. The molecule has 166 valence electrons. The average molecular weight is 396 g/mol. The molecule has 1 heterocycles. The van der Waals surface area contributed by atoms with Crippen LogP contribution in [0, 0.1) is 0 Å². The minimum absolute atomic E-state index is 0. The van der Waals surface area contributed by atoms with Gasteiger partial charge in [-0.05, 0) is 19.3 Å². The van der Waals surface area contributed by atoms with Crippen LogP contribution >= 0.6 is 0 Å². The largest absolute Gasteiger partial charge is 0.299 e. The molecule has 0 saturated carbocycles. The highest BCUT2D eigenvalue weighted by Gasteiger charge is 2.34. The molecule has 0 spiro atoms. The Morgan fingerprint density at radius 3 is 1.86 bits per heavy atom. The third-order valence-corrected chi connectivity index (χ3v) is 6.37. The monoisotopic (exact) mass is 395 g/mol. The molecule has 3 heteroatoms. The molecule has 0 aromatic carbocycles. The van der Waals surface area contributed by atoms with Gasteiger partial charge < -0.3 is 0 Å². The van der Waals surface area contributed by atoms with E-state index in [0.29, 0.717) is 5.78 Å². The Hall–Kier alpha value is -0.700. The van der Waals surface area contributed by atoms with E-state index in [4.69, 9.17) is 0 Å². The predicted molar refractivity (Wildman–Crippen MR) is 125 cm³/mol. The van der Waals surface area contributed by atoms with Gasteiger partial charge in [-0.25, -0.2) is 4.99 Å². The maximum Gasteiger partial charge on any atom is 0.195 e. The maximum absolute atomic E-state index is 12.4. The van der Waals surface area contributed by atoms with Crippen LogP contribution in [0.3, 0.4) is 0 Å². The first-order chi connectivity index (χ1) is 13.1. The lowest BCUT2D eigenvalue weighted by Crippen LogP contribution is -2.51. The van der Waals surface area contributed by atoms with Gasteiger partial charge in [-0.15, -0.1) is 0 Å². The molecule has 1 unspecified atom stereocenters. The van der Waals surface area contributed by atoms with Crippen LogP contribution in [0.15, 0.2) is 4.99 Å². The van der Waals surface area contributed by atoms with Gasteiger partial charge in [0.15, 0.2) is 5.84 Å². The SMILES string of the molecule is C.CCCCCCCCCCCC(=O)CC[N+]1(CCCCCC)CCN=C1C. The van der Waals surface area contributed by atoms with Crippen LogP contribution in [-0.4, -0.2) is 42.3 Å². The number of aliphatic imine (C=N–C) groups is 1. The smallest absolute Gasteiger partial charge is 0.195 e. The minimum Gasteiger partial charge on any atom is -0.299 e. The number of unbranched alkanes of at least 4 members (excludes halogenated alkanes) is 11. The zero-order chi connectivity index (χ0) is 19.8. The van der Waals surface area contributed by atoms with Crippen molar-refractivity contribution in [2.24, 2.45) is 4.99 Å². The summed E-state index contributed by atoms with van der Waals surface area (Å²) >= 11 is 0. The topological polar surface area (TPSA) is 29.4 Å². The first kappa shape index (κ1) is 27.3. The van der Waals surface area contributed by atoms with Gasteiger partial charge in [0.1, 0.15) is 12.3 Å². The third-order valence-electron chi connectivity index (χ3n) is 6.37. The summed E-state index contributed by atoms with van der Waals surface area (Å²) in [7, 11) is 0. The van der Waals surface area contributed by atoms with Crippen molar-refractivity contribution in [2.45, 2.75) is 125 Å². The molecule has 3 nitrogen and oxygen atoms in total. The zero-order valence-corrected chi connectivity index (χ0v) is 18.7. The summed E-state index contributed by atoms with van der Waals surface area (Å²) in [5, 5.41) is 0.